The van der Waals surface area contributed by atoms with Crippen LogP contribution in [0.1, 0.15) is 26.3 Å². The van der Waals surface area contributed by atoms with Gasteiger partial charge in [0.15, 0.2) is 0 Å². The first-order valence-corrected chi connectivity index (χ1v) is 6.15. The molecule has 0 fully saturated rings. The average molecular weight is 317 g/mol. The minimum atomic E-state index is -0.356. The molecule has 0 aliphatic rings. The van der Waals surface area contributed by atoms with Gasteiger partial charge in [0.1, 0.15) is 6.54 Å². The summed E-state index contributed by atoms with van der Waals surface area (Å²) < 4.78 is 1.03. The standard InChI is InChI=1S/C13H21N2O2.BrH/c1-4-15(5-2,6-3)11-12-7-9-13(10-8-12)14(16)17;/h7-10H,4-6,11H2,1-3H3;1H/q+1;/p-1. The zero-order valence-corrected chi connectivity index (χ0v) is 12.8. The maximum Gasteiger partial charge on any atom is 0.269 e. The van der Waals surface area contributed by atoms with E-state index in [2.05, 4.69) is 20.8 Å². The fourth-order valence-electron chi connectivity index (χ4n) is 2.12. The van der Waals surface area contributed by atoms with E-state index in [9.17, 15) is 10.1 Å². The van der Waals surface area contributed by atoms with Crippen LogP contribution in [0.25, 0.3) is 0 Å². The molecule has 18 heavy (non-hydrogen) atoms. The normalized spacial score (nSPS) is 10.8. The van der Waals surface area contributed by atoms with Gasteiger partial charge in [-0.3, -0.25) is 10.1 Å². The molecular formula is C13H21BrN2O2. The van der Waals surface area contributed by atoms with Crippen molar-refractivity contribution in [3.8, 4) is 0 Å². The van der Waals surface area contributed by atoms with E-state index in [4.69, 9.17) is 0 Å². The van der Waals surface area contributed by atoms with Crippen LogP contribution in [-0.4, -0.2) is 29.0 Å². The Morgan fingerprint density at radius 3 is 1.83 bits per heavy atom. The largest absolute Gasteiger partial charge is 1.00 e. The van der Waals surface area contributed by atoms with E-state index in [1.807, 2.05) is 12.1 Å². The molecule has 0 amide bonds. The molecule has 0 bridgehead atoms. The van der Waals surface area contributed by atoms with Crippen LogP contribution in [0.3, 0.4) is 0 Å². The van der Waals surface area contributed by atoms with Gasteiger partial charge in [-0.25, -0.2) is 0 Å². The van der Waals surface area contributed by atoms with Crippen LogP contribution in [0.15, 0.2) is 24.3 Å². The van der Waals surface area contributed by atoms with Gasteiger partial charge in [0.05, 0.1) is 24.6 Å². The number of nitro benzene ring substituents is 1. The Morgan fingerprint density at radius 1 is 1.06 bits per heavy atom. The molecule has 1 rings (SSSR count). The lowest BCUT2D eigenvalue weighted by Crippen LogP contribution is -3.00. The Hall–Kier alpha value is -0.940. The Balaban J connectivity index is 0.00000289. The highest BCUT2D eigenvalue weighted by Gasteiger charge is 2.21. The lowest BCUT2D eigenvalue weighted by atomic mass is 10.1. The molecule has 5 heteroatoms. The molecule has 0 unspecified atom stereocenters. The van der Waals surface area contributed by atoms with Gasteiger partial charge in [-0.15, -0.1) is 0 Å². The molecule has 0 aliphatic heterocycles. The van der Waals surface area contributed by atoms with Gasteiger partial charge in [0.2, 0.25) is 0 Å². The number of hydrogen-bond donors (Lipinski definition) is 0. The second kappa shape index (κ2) is 7.48. The number of benzene rings is 1. The summed E-state index contributed by atoms with van der Waals surface area (Å²) in [6.45, 7) is 10.8. The highest BCUT2D eigenvalue weighted by Crippen LogP contribution is 2.17. The van der Waals surface area contributed by atoms with Gasteiger partial charge in [-0.2, -0.15) is 0 Å². The van der Waals surface area contributed by atoms with Gasteiger partial charge in [0.25, 0.3) is 5.69 Å². The summed E-state index contributed by atoms with van der Waals surface area (Å²) in [5.74, 6) is 0. The maximum absolute atomic E-state index is 10.6. The Labute approximate surface area is 119 Å². The Bertz CT molecular complexity index is 367. The second-order valence-corrected chi connectivity index (χ2v) is 4.37. The van der Waals surface area contributed by atoms with Crippen molar-refractivity contribution in [1.29, 1.82) is 0 Å². The van der Waals surface area contributed by atoms with Crippen LogP contribution in [0.2, 0.25) is 0 Å². The van der Waals surface area contributed by atoms with E-state index < -0.39 is 0 Å². The molecule has 0 saturated carbocycles. The Morgan fingerprint density at radius 2 is 1.50 bits per heavy atom. The summed E-state index contributed by atoms with van der Waals surface area (Å²) in [6, 6.07) is 6.91. The lowest BCUT2D eigenvalue weighted by molar-refractivity contribution is -0.936. The maximum atomic E-state index is 10.6. The van der Waals surface area contributed by atoms with Gasteiger partial charge in [-0.1, -0.05) is 0 Å². The molecule has 0 aromatic heterocycles. The van der Waals surface area contributed by atoms with E-state index >= 15 is 0 Å². The van der Waals surface area contributed by atoms with Crippen LogP contribution >= 0.6 is 0 Å². The minimum Gasteiger partial charge on any atom is -1.00 e. The highest BCUT2D eigenvalue weighted by molar-refractivity contribution is 5.32. The number of hydrogen-bond acceptors (Lipinski definition) is 2. The van der Waals surface area contributed by atoms with E-state index in [0.29, 0.717) is 0 Å². The van der Waals surface area contributed by atoms with Crippen LogP contribution in [0.5, 0.6) is 0 Å². The number of halogens is 1. The number of non-ortho nitro benzene ring substituents is 1. The van der Waals surface area contributed by atoms with E-state index in [1.54, 1.807) is 12.1 Å². The topological polar surface area (TPSA) is 43.1 Å². The monoisotopic (exact) mass is 316 g/mol. The predicted molar refractivity (Wildman–Crippen MR) is 68.7 cm³/mol. The zero-order valence-electron chi connectivity index (χ0n) is 11.2. The summed E-state index contributed by atoms with van der Waals surface area (Å²) in [7, 11) is 0. The molecule has 1 aromatic carbocycles. The summed E-state index contributed by atoms with van der Waals surface area (Å²) in [5, 5.41) is 10.6. The number of rotatable bonds is 6. The fraction of sp³-hybridized carbons (Fsp3) is 0.538. The van der Waals surface area contributed by atoms with Crippen molar-refractivity contribution in [2.45, 2.75) is 27.3 Å². The molecule has 0 heterocycles. The molecular weight excluding hydrogens is 296 g/mol. The third kappa shape index (κ3) is 4.07. The number of quaternary nitrogens is 1. The molecule has 0 radical (unpaired) electrons. The zero-order chi connectivity index (χ0) is 12.9. The minimum absolute atomic E-state index is 0. The molecule has 0 aliphatic carbocycles. The van der Waals surface area contributed by atoms with Crippen LogP contribution in [0.4, 0.5) is 5.69 Å². The van der Waals surface area contributed by atoms with Crippen molar-refractivity contribution in [3.05, 3.63) is 39.9 Å². The molecule has 0 spiro atoms. The Kier molecular flexibility index (Phi) is 7.09. The smallest absolute Gasteiger partial charge is 0.269 e. The van der Waals surface area contributed by atoms with Crippen molar-refractivity contribution < 1.29 is 26.4 Å². The first-order chi connectivity index (χ1) is 8.06. The first kappa shape index (κ1) is 17.1. The van der Waals surface area contributed by atoms with Crippen molar-refractivity contribution in [3.63, 3.8) is 0 Å². The van der Waals surface area contributed by atoms with E-state index in [0.717, 1.165) is 30.7 Å². The summed E-state index contributed by atoms with van der Waals surface area (Å²) in [5.41, 5.74) is 1.33. The lowest BCUT2D eigenvalue weighted by Gasteiger charge is -2.35. The second-order valence-electron chi connectivity index (χ2n) is 4.37. The average Bonchev–Trinajstić information content (AvgIpc) is 2.37. The summed E-state index contributed by atoms with van der Waals surface area (Å²) in [4.78, 5) is 10.2. The molecule has 1 aromatic rings. The SMILES string of the molecule is CC[N+](CC)(CC)Cc1ccc([N+](=O)[O-])cc1.[Br-]. The van der Waals surface area contributed by atoms with Gasteiger partial charge in [0, 0.05) is 17.7 Å². The summed E-state index contributed by atoms with van der Waals surface area (Å²) >= 11 is 0. The van der Waals surface area contributed by atoms with Gasteiger partial charge < -0.3 is 21.5 Å². The van der Waals surface area contributed by atoms with Crippen LogP contribution in [-0.2, 0) is 6.54 Å². The third-order valence-electron chi connectivity index (χ3n) is 3.68. The molecule has 102 valence electrons. The van der Waals surface area contributed by atoms with Crippen LogP contribution in [0, 0.1) is 10.1 Å². The quantitative estimate of drug-likeness (QED) is 0.420. The molecule has 0 N–H and O–H groups in total. The molecule has 0 saturated heterocycles. The van der Waals surface area contributed by atoms with Gasteiger partial charge >= 0.3 is 0 Å². The van der Waals surface area contributed by atoms with E-state index in [-0.39, 0.29) is 27.6 Å². The van der Waals surface area contributed by atoms with E-state index in [1.165, 1.54) is 5.56 Å². The van der Waals surface area contributed by atoms with Crippen molar-refractivity contribution in [1.82, 2.24) is 0 Å². The van der Waals surface area contributed by atoms with Crippen molar-refractivity contribution in [2.24, 2.45) is 0 Å². The van der Waals surface area contributed by atoms with Gasteiger partial charge in [-0.05, 0) is 32.9 Å². The fourth-order valence-corrected chi connectivity index (χ4v) is 2.12. The van der Waals surface area contributed by atoms with Crippen molar-refractivity contribution >= 4 is 5.69 Å². The number of nitrogens with zero attached hydrogens (tertiary/aromatic N) is 2. The highest BCUT2D eigenvalue weighted by atomic mass is 79.9. The predicted octanol–water partition coefficient (Wildman–Crippen LogP) is -0.0247. The molecule has 0 atom stereocenters. The summed E-state index contributed by atoms with van der Waals surface area (Å²) in [6.07, 6.45) is 0. The first-order valence-electron chi connectivity index (χ1n) is 6.15. The van der Waals surface area contributed by atoms with Crippen LogP contribution < -0.4 is 17.0 Å². The third-order valence-corrected chi connectivity index (χ3v) is 3.68. The van der Waals surface area contributed by atoms with Crippen molar-refractivity contribution in [2.75, 3.05) is 19.6 Å². The molecule has 4 nitrogen and oxygen atoms in total. The number of nitro groups is 1.